The van der Waals surface area contributed by atoms with E-state index in [9.17, 15) is 9.59 Å². The third-order valence-electron chi connectivity index (χ3n) is 6.60. The third kappa shape index (κ3) is 7.30. The summed E-state index contributed by atoms with van der Waals surface area (Å²) in [5.74, 6) is 0.767. The Morgan fingerprint density at radius 1 is 0.946 bits per heavy atom. The molecular formula is C26H38ClN7O3. The van der Waals surface area contributed by atoms with Gasteiger partial charge in [0.05, 0.1) is 17.9 Å². The predicted molar refractivity (Wildman–Crippen MR) is 147 cm³/mol. The number of halogens is 1. The van der Waals surface area contributed by atoms with Crippen molar-refractivity contribution in [2.45, 2.75) is 19.9 Å². The van der Waals surface area contributed by atoms with E-state index in [2.05, 4.69) is 38.9 Å². The first-order chi connectivity index (χ1) is 17.5. The minimum atomic E-state index is -0.109. The van der Waals surface area contributed by atoms with Gasteiger partial charge in [0, 0.05) is 84.4 Å². The zero-order chi connectivity index (χ0) is 25.5. The van der Waals surface area contributed by atoms with Crippen molar-refractivity contribution in [3.63, 3.8) is 0 Å². The molecule has 4 rings (SSSR count). The largest absolute Gasteiger partial charge is 0.383 e. The Balaban J connectivity index is 0.00000380. The van der Waals surface area contributed by atoms with Crippen molar-refractivity contribution in [2.24, 2.45) is 0 Å². The molecule has 11 heteroatoms. The second-order valence-electron chi connectivity index (χ2n) is 9.51. The number of carbonyl (C=O) groups is 2. The summed E-state index contributed by atoms with van der Waals surface area (Å²) in [6.07, 6.45) is 3.33. The quantitative estimate of drug-likeness (QED) is 0.553. The highest BCUT2D eigenvalue weighted by Gasteiger charge is 2.26. The molecule has 0 aromatic carbocycles. The van der Waals surface area contributed by atoms with Gasteiger partial charge in [-0.15, -0.1) is 12.4 Å². The number of nitrogens with one attached hydrogen (secondary N) is 1. The molecule has 2 amide bonds. The lowest BCUT2D eigenvalue weighted by Crippen LogP contribution is -2.49. The van der Waals surface area contributed by atoms with Crippen molar-refractivity contribution in [1.82, 2.24) is 24.7 Å². The highest BCUT2D eigenvalue weighted by atomic mass is 35.5. The van der Waals surface area contributed by atoms with Crippen LogP contribution in [0, 0.1) is 0 Å². The number of hydrogen-bond donors (Lipinski definition) is 1. The van der Waals surface area contributed by atoms with Gasteiger partial charge in [-0.2, -0.15) is 0 Å². The molecule has 2 aromatic rings. The minimum absolute atomic E-state index is 0. The molecule has 2 fully saturated rings. The van der Waals surface area contributed by atoms with Crippen LogP contribution in [0.15, 0.2) is 36.7 Å². The normalized spacial score (nSPS) is 16.5. The molecule has 10 nitrogen and oxygen atoms in total. The lowest BCUT2D eigenvalue weighted by molar-refractivity contribution is 0.0592. The Morgan fingerprint density at radius 3 is 2.24 bits per heavy atom. The van der Waals surface area contributed by atoms with Gasteiger partial charge in [-0.25, -0.2) is 4.98 Å². The van der Waals surface area contributed by atoms with Crippen LogP contribution in [-0.2, 0) is 4.74 Å². The SMILES string of the molecule is COCCN1CCN(C(=O)c2ccc(C(=O)N3CCN(c4ncccc4NC(C)C)CC3)nc2)CC1.Cl. The molecule has 202 valence electrons. The van der Waals surface area contributed by atoms with Crippen LogP contribution in [0.5, 0.6) is 0 Å². The Bertz CT molecular complexity index is 1020. The van der Waals surface area contributed by atoms with Crippen LogP contribution >= 0.6 is 12.4 Å². The van der Waals surface area contributed by atoms with Crippen molar-refractivity contribution in [1.29, 1.82) is 0 Å². The molecule has 2 saturated heterocycles. The molecule has 1 N–H and O–H groups in total. The standard InChI is InChI=1S/C26H37N7O3.ClH/c1-20(2)29-22-5-4-8-27-24(22)31-13-15-33(16-14-31)26(35)23-7-6-21(19-28-23)25(34)32-11-9-30(10-12-32)17-18-36-3;/h4-8,19-20,29H,9-18H2,1-3H3;1H. The fraction of sp³-hybridized carbons (Fsp3) is 0.538. The van der Waals surface area contributed by atoms with Gasteiger partial charge in [-0.05, 0) is 38.1 Å². The van der Waals surface area contributed by atoms with Crippen LogP contribution in [0.4, 0.5) is 11.5 Å². The highest BCUT2D eigenvalue weighted by Crippen LogP contribution is 2.25. The lowest BCUT2D eigenvalue weighted by atomic mass is 10.2. The number of ether oxygens (including phenoxy) is 1. The summed E-state index contributed by atoms with van der Waals surface area (Å²) >= 11 is 0. The Morgan fingerprint density at radius 2 is 1.62 bits per heavy atom. The first-order valence-electron chi connectivity index (χ1n) is 12.7. The van der Waals surface area contributed by atoms with Gasteiger partial charge < -0.3 is 24.8 Å². The molecule has 2 aliphatic heterocycles. The topological polar surface area (TPSA) is 94.1 Å². The minimum Gasteiger partial charge on any atom is -0.383 e. The fourth-order valence-electron chi connectivity index (χ4n) is 4.58. The highest BCUT2D eigenvalue weighted by molar-refractivity contribution is 5.96. The smallest absolute Gasteiger partial charge is 0.272 e. The Hall–Kier alpha value is -2.95. The third-order valence-corrected chi connectivity index (χ3v) is 6.60. The molecule has 0 unspecified atom stereocenters. The first kappa shape index (κ1) is 28.6. The molecule has 0 bridgehead atoms. The number of carbonyl (C=O) groups excluding carboxylic acids is 2. The summed E-state index contributed by atoms with van der Waals surface area (Å²) in [6, 6.07) is 7.65. The average Bonchev–Trinajstić information content (AvgIpc) is 2.91. The molecule has 0 saturated carbocycles. The monoisotopic (exact) mass is 531 g/mol. The van der Waals surface area contributed by atoms with Crippen molar-refractivity contribution in [2.75, 3.05) is 82.8 Å². The predicted octanol–water partition coefficient (Wildman–Crippen LogP) is 2.09. The zero-order valence-corrected chi connectivity index (χ0v) is 22.7. The fourth-order valence-corrected chi connectivity index (χ4v) is 4.58. The summed E-state index contributed by atoms with van der Waals surface area (Å²) < 4.78 is 5.14. The van der Waals surface area contributed by atoms with Gasteiger partial charge >= 0.3 is 0 Å². The number of methoxy groups -OCH3 is 1. The molecule has 2 aromatic heterocycles. The van der Waals surface area contributed by atoms with E-state index in [1.807, 2.05) is 21.9 Å². The number of piperazine rings is 2. The van der Waals surface area contributed by atoms with Crippen LogP contribution in [0.1, 0.15) is 34.7 Å². The van der Waals surface area contributed by atoms with Gasteiger partial charge in [0.25, 0.3) is 11.8 Å². The van der Waals surface area contributed by atoms with E-state index in [-0.39, 0.29) is 24.2 Å². The van der Waals surface area contributed by atoms with E-state index < -0.39 is 0 Å². The molecule has 0 aliphatic carbocycles. The molecule has 2 aliphatic rings. The Kier molecular flexibility index (Phi) is 10.5. The van der Waals surface area contributed by atoms with Gasteiger partial charge in [0.1, 0.15) is 5.69 Å². The number of anilines is 2. The van der Waals surface area contributed by atoms with E-state index in [1.54, 1.807) is 25.4 Å². The molecular weight excluding hydrogens is 494 g/mol. The maximum absolute atomic E-state index is 13.1. The average molecular weight is 532 g/mol. The Labute approximate surface area is 225 Å². The van der Waals surface area contributed by atoms with Crippen LogP contribution in [0.25, 0.3) is 0 Å². The van der Waals surface area contributed by atoms with E-state index >= 15 is 0 Å². The van der Waals surface area contributed by atoms with Crippen LogP contribution in [0.3, 0.4) is 0 Å². The second kappa shape index (κ2) is 13.6. The van der Waals surface area contributed by atoms with Gasteiger partial charge in [0.2, 0.25) is 0 Å². The first-order valence-corrected chi connectivity index (χ1v) is 12.7. The van der Waals surface area contributed by atoms with Gasteiger partial charge in [-0.1, -0.05) is 0 Å². The molecule has 0 atom stereocenters. The zero-order valence-electron chi connectivity index (χ0n) is 21.9. The lowest BCUT2D eigenvalue weighted by Gasteiger charge is -2.36. The van der Waals surface area contributed by atoms with Crippen molar-refractivity contribution < 1.29 is 14.3 Å². The summed E-state index contributed by atoms with van der Waals surface area (Å²) in [5, 5.41) is 3.45. The van der Waals surface area contributed by atoms with Crippen molar-refractivity contribution in [3.05, 3.63) is 47.9 Å². The van der Waals surface area contributed by atoms with Crippen LogP contribution in [0.2, 0.25) is 0 Å². The number of rotatable bonds is 8. The number of nitrogens with zero attached hydrogens (tertiary/aromatic N) is 6. The van der Waals surface area contributed by atoms with E-state index in [1.165, 1.54) is 6.20 Å². The van der Waals surface area contributed by atoms with E-state index in [0.29, 0.717) is 63.2 Å². The summed E-state index contributed by atoms with van der Waals surface area (Å²) in [7, 11) is 1.70. The maximum atomic E-state index is 13.1. The van der Waals surface area contributed by atoms with Gasteiger partial charge in [-0.3, -0.25) is 19.5 Å². The number of hydrogen-bond acceptors (Lipinski definition) is 8. The van der Waals surface area contributed by atoms with Crippen LogP contribution in [-0.4, -0.2) is 115 Å². The van der Waals surface area contributed by atoms with E-state index in [0.717, 1.165) is 31.1 Å². The summed E-state index contributed by atoms with van der Waals surface area (Å²) in [6.45, 7) is 11.4. The van der Waals surface area contributed by atoms with Crippen molar-refractivity contribution in [3.8, 4) is 0 Å². The summed E-state index contributed by atoms with van der Waals surface area (Å²) in [4.78, 5) is 43.0. The molecule has 4 heterocycles. The molecule has 0 spiro atoms. The number of amides is 2. The number of pyridine rings is 2. The molecule has 0 radical (unpaired) electrons. The van der Waals surface area contributed by atoms with Crippen LogP contribution < -0.4 is 10.2 Å². The second-order valence-corrected chi connectivity index (χ2v) is 9.51. The van der Waals surface area contributed by atoms with Gasteiger partial charge in [0.15, 0.2) is 5.82 Å². The molecule has 37 heavy (non-hydrogen) atoms. The number of aromatic nitrogens is 2. The summed E-state index contributed by atoms with van der Waals surface area (Å²) in [5.41, 5.74) is 1.89. The van der Waals surface area contributed by atoms with E-state index in [4.69, 9.17) is 4.74 Å². The van der Waals surface area contributed by atoms with Crippen molar-refractivity contribution >= 4 is 35.7 Å². The maximum Gasteiger partial charge on any atom is 0.272 e.